The van der Waals surface area contributed by atoms with Gasteiger partial charge in [0.2, 0.25) is 5.91 Å². The molecule has 0 atom stereocenters. The molecule has 0 N–H and O–H groups in total. The number of carbonyl (C=O) groups is 1. The Morgan fingerprint density at radius 2 is 1.86 bits per heavy atom. The van der Waals surface area contributed by atoms with Gasteiger partial charge in [-0.15, -0.1) is 11.8 Å². The third kappa shape index (κ3) is 4.83. The minimum absolute atomic E-state index is 0.0616. The van der Waals surface area contributed by atoms with Gasteiger partial charge in [0.15, 0.2) is 5.13 Å². The predicted molar refractivity (Wildman–Crippen MR) is 122 cm³/mol. The number of thiazole rings is 1. The number of aromatic nitrogens is 2. The molecule has 0 spiro atoms. The molecule has 1 amide bonds. The first kappa shape index (κ1) is 19.6. The molecule has 0 fully saturated rings. The molecule has 0 saturated heterocycles. The van der Waals surface area contributed by atoms with Gasteiger partial charge >= 0.3 is 0 Å². The van der Waals surface area contributed by atoms with Crippen LogP contribution >= 0.6 is 23.1 Å². The quantitative estimate of drug-likeness (QED) is 0.399. The van der Waals surface area contributed by atoms with Crippen LogP contribution in [0, 0.1) is 6.92 Å². The van der Waals surface area contributed by atoms with E-state index in [0.717, 1.165) is 32.2 Å². The van der Waals surface area contributed by atoms with Crippen LogP contribution in [0.2, 0.25) is 0 Å². The Hall–Kier alpha value is -2.70. The van der Waals surface area contributed by atoms with Crippen LogP contribution in [-0.4, -0.2) is 21.6 Å². The smallest absolute Gasteiger partial charge is 0.239 e. The second kappa shape index (κ2) is 9.20. The summed E-state index contributed by atoms with van der Waals surface area (Å²) in [6.07, 6.45) is 3.54. The Labute approximate surface area is 178 Å². The monoisotopic (exact) mass is 419 g/mol. The minimum Gasteiger partial charge on any atom is -0.283 e. The third-order valence-corrected chi connectivity index (χ3v) is 6.57. The van der Waals surface area contributed by atoms with E-state index in [1.807, 2.05) is 36.4 Å². The number of hydrogen-bond acceptors (Lipinski definition) is 5. The van der Waals surface area contributed by atoms with E-state index in [9.17, 15) is 4.79 Å². The van der Waals surface area contributed by atoms with E-state index >= 15 is 0 Å². The topological polar surface area (TPSA) is 46.1 Å². The average Bonchev–Trinajstić information content (AvgIpc) is 3.19. The summed E-state index contributed by atoms with van der Waals surface area (Å²) in [6, 6.07) is 20.2. The van der Waals surface area contributed by atoms with Gasteiger partial charge in [0.05, 0.1) is 22.5 Å². The number of benzene rings is 2. The average molecular weight is 420 g/mol. The number of amides is 1. The van der Waals surface area contributed by atoms with Gasteiger partial charge in [-0.1, -0.05) is 59.9 Å². The van der Waals surface area contributed by atoms with E-state index in [4.69, 9.17) is 4.98 Å². The molecule has 0 saturated carbocycles. The lowest BCUT2D eigenvalue weighted by Gasteiger charge is -2.19. The van der Waals surface area contributed by atoms with Crippen LogP contribution in [0.15, 0.2) is 73.1 Å². The molecule has 4 nitrogen and oxygen atoms in total. The zero-order valence-corrected chi connectivity index (χ0v) is 17.7. The van der Waals surface area contributed by atoms with Crippen molar-refractivity contribution in [2.24, 2.45) is 0 Å². The van der Waals surface area contributed by atoms with E-state index in [-0.39, 0.29) is 5.91 Å². The highest BCUT2D eigenvalue weighted by Gasteiger charge is 2.20. The molecule has 4 aromatic rings. The van der Waals surface area contributed by atoms with Crippen molar-refractivity contribution in [2.45, 2.75) is 19.2 Å². The number of nitrogens with zero attached hydrogens (tertiary/aromatic N) is 3. The summed E-state index contributed by atoms with van der Waals surface area (Å²) in [5, 5.41) is 0.739. The Balaban J connectivity index is 1.55. The Bertz CT molecular complexity index is 1100. The molecule has 0 aliphatic heterocycles. The molecule has 2 heterocycles. The van der Waals surface area contributed by atoms with Gasteiger partial charge in [-0.2, -0.15) is 0 Å². The normalized spacial score (nSPS) is 10.9. The fourth-order valence-corrected chi connectivity index (χ4v) is 4.96. The maximum atomic E-state index is 13.2. The largest absolute Gasteiger partial charge is 0.283 e. The van der Waals surface area contributed by atoms with Gasteiger partial charge < -0.3 is 0 Å². The van der Waals surface area contributed by atoms with Crippen LogP contribution in [0.25, 0.3) is 10.2 Å². The summed E-state index contributed by atoms with van der Waals surface area (Å²) in [6.45, 7) is 2.52. The Kier molecular flexibility index (Phi) is 6.22. The molecular formula is C23H21N3OS2. The van der Waals surface area contributed by atoms with Crippen LogP contribution in [0.3, 0.4) is 0 Å². The van der Waals surface area contributed by atoms with Crippen molar-refractivity contribution in [1.82, 2.24) is 9.97 Å². The Morgan fingerprint density at radius 3 is 2.62 bits per heavy atom. The number of thioether (sulfide) groups is 1. The van der Waals surface area contributed by atoms with Crippen LogP contribution in [-0.2, 0) is 17.1 Å². The molecule has 0 aliphatic carbocycles. The maximum absolute atomic E-state index is 13.2. The lowest BCUT2D eigenvalue weighted by molar-refractivity contribution is -0.116. The van der Waals surface area contributed by atoms with Crippen molar-refractivity contribution < 1.29 is 4.79 Å². The van der Waals surface area contributed by atoms with Crippen LogP contribution in [0.1, 0.15) is 16.7 Å². The lowest BCUT2D eigenvalue weighted by Crippen LogP contribution is -2.32. The first-order valence-corrected chi connectivity index (χ1v) is 11.3. The number of carbonyl (C=O) groups excluding carboxylic acids is 1. The van der Waals surface area contributed by atoms with E-state index < -0.39 is 0 Å². The SMILES string of the molecule is Cc1cccc2sc(N(Cc3cccnc3)C(=O)CSCc3ccccc3)nc12. The standard InChI is InChI=1S/C23H21N3OS2/c1-17-7-5-11-20-22(17)25-23(29-20)26(14-19-10-6-12-24-13-19)21(27)16-28-15-18-8-3-2-4-9-18/h2-13H,14-16H2,1H3. The van der Waals surface area contributed by atoms with Gasteiger partial charge in [0, 0.05) is 18.1 Å². The van der Waals surface area contributed by atoms with E-state index in [1.54, 1.807) is 40.4 Å². The van der Waals surface area contributed by atoms with Crippen molar-refractivity contribution in [3.05, 3.63) is 89.7 Å². The zero-order valence-electron chi connectivity index (χ0n) is 16.1. The van der Waals surface area contributed by atoms with E-state index in [2.05, 4.69) is 36.2 Å². The molecule has 6 heteroatoms. The molecule has 0 bridgehead atoms. The van der Waals surface area contributed by atoms with Crippen molar-refractivity contribution in [3.8, 4) is 0 Å². The summed E-state index contributed by atoms with van der Waals surface area (Å²) in [7, 11) is 0. The van der Waals surface area contributed by atoms with Gasteiger partial charge in [0.25, 0.3) is 0 Å². The predicted octanol–water partition coefficient (Wildman–Crippen LogP) is 5.47. The van der Waals surface area contributed by atoms with E-state index in [1.165, 1.54) is 5.56 Å². The first-order chi connectivity index (χ1) is 14.2. The highest BCUT2D eigenvalue weighted by molar-refractivity contribution is 7.99. The number of pyridine rings is 1. The van der Waals surface area contributed by atoms with Crippen molar-refractivity contribution >= 4 is 44.4 Å². The molecule has 4 rings (SSSR count). The summed E-state index contributed by atoms with van der Waals surface area (Å²) in [4.78, 5) is 23.9. The van der Waals surface area contributed by atoms with E-state index in [0.29, 0.717) is 12.3 Å². The fourth-order valence-electron chi connectivity index (χ4n) is 3.03. The second-order valence-electron chi connectivity index (χ2n) is 6.74. The van der Waals surface area contributed by atoms with Crippen molar-refractivity contribution in [1.29, 1.82) is 0 Å². The zero-order chi connectivity index (χ0) is 20.1. The molecule has 146 valence electrons. The molecule has 2 aromatic heterocycles. The van der Waals surface area contributed by atoms with Gasteiger partial charge in [0.1, 0.15) is 0 Å². The highest BCUT2D eigenvalue weighted by atomic mass is 32.2. The van der Waals surface area contributed by atoms with Gasteiger partial charge in [-0.05, 0) is 35.7 Å². The third-order valence-electron chi connectivity index (χ3n) is 4.54. The maximum Gasteiger partial charge on any atom is 0.239 e. The van der Waals surface area contributed by atoms with Gasteiger partial charge in [-0.3, -0.25) is 14.7 Å². The van der Waals surface area contributed by atoms with Crippen molar-refractivity contribution in [3.63, 3.8) is 0 Å². The fraction of sp³-hybridized carbons (Fsp3) is 0.174. The van der Waals surface area contributed by atoms with Crippen molar-refractivity contribution in [2.75, 3.05) is 10.7 Å². The number of aryl methyl sites for hydroxylation is 1. The van der Waals surface area contributed by atoms with Crippen LogP contribution in [0.5, 0.6) is 0 Å². The summed E-state index contributed by atoms with van der Waals surface area (Å²) < 4.78 is 1.10. The van der Waals surface area contributed by atoms with Crippen LogP contribution < -0.4 is 4.90 Å². The highest BCUT2D eigenvalue weighted by Crippen LogP contribution is 2.32. The number of hydrogen-bond donors (Lipinski definition) is 0. The lowest BCUT2D eigenvalue weighted by atomic mass is 10.2. The molecule has 0 aliphatic rings. The summed E-state index contributed by atoms with van der Waals surface area (Å²) in [5.74, 6) is 1.28. The molecular weight excluding hydrogens is 398 g/mol. The van der Waals surface area contributed by atoms with Crippen LogP contribution in [0.4, 0.5) is 5.13 Å². The second-order valence-corrected chi connectivity index (χ2v) is 8.73. The number of para-hydroxylation sites is 1. The summed E-state index contributed by atoms with van der Waals surface area (Å²) >= 11 is 3.19. The molecule has 0 radical (unpaired) electrons. The molecule has 2 aromatic carbocycles. The number of anilines is 1. The number of rotatable bonds is 7. The molecule has 29 heavy (non-hydrogen) atoms. The number of fused-ring (bicyclic) bond motifs is 1. The summed E-state index contributed by atoms with van der Waals surface area (Å²) in [5.41, 5.74) is 4.30. The Morgan fingerprint density at radius 1 is 1.03 bits per heavy atom. The molecule has 0 unspecified atom stereocenters. The first-order valence-electron chi connectivity index (χ1n) is 9.38. The van der Waals surface area contributed by atoms with Gasteiger partial charge in [-0.25, -0.2) is 4.98 Å². The minimum atomic E-state index is 0.0616.